The number of hydrogen-bond acceptors (Lipinski definition) is 4. The van der Waals surface area contributed by atoms with E-state index in [0.717, 1.165) is 19.6 Å². The summed E-state index contributed by atoms with van der Waals surface area (Å²) in [5, 5.41) is 3.52. The van der Waals surface area contributed by atoms with E-state index in [9.17, 15) is 8.42 Å². The van der Waals surface area contributed by atoms with Crippen molar-refractivity contribution in [2.45, 2.75) is 39.8 Å². The Morgan fingerprint density at radius 1 is 1.41 bits per heavy atom. The molecule has 1 fully saturated rings. The second-order valence-corrected chi connectivity index (χ2v) is 8.49. The molecule has 0 amide bonds. The van der Waals surface area contributed by atoms with Gasteiger partial charge in [-0.1, -0.05) is 20.8 Å². The first kappa shape index (κ1) is 14.9. The fraction of sp³-hybridized carbons (Fsp3) is 1.00. The number of sulfone groups is 1. The Labute approximate surface area is 106 Å². The zero-order valence-corrected chi connectivity index (χ0v) is 12.5. The Morgan fingerprint density at radius 2 is 2.00 bits per heavy atom. The zero-order valence-electron chi connectivity index (χ0n) is 11.7. The molecule has 0 spiro atoms. The van der Waals surface area contributed by atoms with Crippen molar-refractivity contribution in [2.24, 2.45) is 5.41 Å². The molecule has 0 aromatic rings. The molecule has 1 aliphatic rings. The van der Waals surface area contributed by atoms with E-state index in [1.54, 1.807) is 0 Å². The second kappa shape index (κ2) is 5.24. The zero-order chi connectivity index (χ0) is 13.3. The highest BCUT2D eigenvalue weighted by atomic mass is 32.2. The van der Waals surface area contributed by atoms with Crippen LogP contribution in [0.25, 0.3) is 0 Å². The molecular formula is C12H26N2O2S. The van der Waals surface area contributed by atoms with Crippen LogP contribution in [0.3, 0.4) is 0 Å². The van der Waals surface area contributed by atoms with E-state index in [-0.39, 0.29) is 17.2 Å². The van der Waals surface area contributed by atoms with Crippen molar-refractivity contribution in [1.82, 2.24) is 10.2 Å². The van der Waals surface area contributed by atoms with Gasteiger partial charge >= 0.3 is 0 Å². The molecule has 1 heterocycles. The standard InChI is InChI=1S/C12H26N2O2S/c1-10(9-17(5,15)16)14-7-6-13-11(8-14)12(2,3)4/h10-11,13H,6-9H2,1-5H3. The molecule has 0 saturated carbocycles. The van der Waals surface area contributed by atoms with Crippen LogP contribution in [0.1, 0.15) is 27.7 Å². The van der Waals surface area contributed by atoms with E-state index in [1.807, 2.05) is 6.92 Å². The van der Waals surface area contributed by atoms with Crippen molar-refractivity contribution >= 4 is 9.84 Å². The van der Waals surface area contributed by atoms with Crippen LogP contribution in [0.15, 0.2) is 0 Å². The van der Waals surface area contributed by atoms with E-state index in [2.05, 4.69) is 31.0 Å². The first-order valence-corrected chi connectivity index (χ1v) is 8.31. The first-order chi connectivity index (χ1) is 7.59. The topological polar surface area (TPSA) is 49.4 Å². The molecule has 1 aliphatic heterocycles. The Kier molecular flexibility index (Phi) is 4.60. The van der Waals surface area contributed by atoms with Crippen LogP contribution < -0.4 is 5.32 Å². The van der Waals surface area contributed by atoms with Crippen LogP contribution in [0.4, 0.5) is 0 Å². The number of nitrogens with one attached hydrogen (secondary N) is 1. The van der Waals surface area contributed by atoms with Crippen molar-refractivity contribution in [3.8, 4) is 0 Å². The maximum absolute atomic E-state index is 11.3. The Balaban J connectivity index is 2.61. The molecule has 0 bridgehead atoms. The highest BCUT2D eigenvalue weighted by Crippen LogP contribution is 2.22. The van der Waals surface area contributed by atoms with Crippen molar-refractivity contribution in [3.63, 3.8) is 0 Å². The number of nitrogens with zero attached hydrogens (tertiary/aromatic N) is 1. The lowest BCUT2D eigenvalue weighted by molar-refractivity contribution is 0.111. The summed E-state index contributed by atoms with van der Waals surface area (Å²) in [4.78, 5) is 2.29. The van der Waals surface area contributed by atoms with Gasteiger partial charge < -0.3 is 5.32 Å². The third kappa shape index (κ3) is 4.94. The minimum atomic E-state index is -2.89. The molecule has 0 aromatic heterocycles. The van der Waals surface area contributed by atoms with Gasteiger partial charge in [0.05, 0.1) is 5.75 Å². The Hall–Kier alpha value is -0.130. The lowest BCUT2D eigenvalue weighted by atomic mass is 9.85. The summed E-state index contributed by atoms with van der Waals surface area (Å²) < 4.78 is 22.6. The highest BCUT2D eigenvalue weighted by molar-refractivity contribution is 7.90. The third-order valence-electron chi connectivity index (χ3n) is 3.42. The van der Waals surface area contributed by atoms with Crippen LogP contribution in [0.5, 0.6) is 0 Å². The van der Waals surface area contributed by atoms with Gasteiger partial charge in [-0.3, -0.25) is 4.90 Å². The molecule has 17 heavy (non-hydrogen) atoms. The normalized spacial score (nSPS) is 25.8. The SMILES string of the molecule is CC(CS(C)(=O)=O)N1CCNC(C(C)(C)C)C1. The van der Waals surface area contributed by atoms with Gasteiger partial charge in [-0.05, 0) is 12.3 Å². The molecule has 102 valence electrons. The lowest BCUT2D eigenvalue weighted by Gasteiger charge is -2.42. The fourth-order valence-electron chi connectivity index (χ4n) is 2.30. The maximum Gasteiger partial charge on any atom is 0.148 e. The Morgan fingerprint density at radius 3 is 2.47 bits per heavy atom. The van der Waals surface area contributed by atoms with Gasteiger partial charge in [-0.15, -0.1) is 0 Å². The summed E-state index contributed by atoms with van der Waals surface area (Å²) in [6.07, 6.45) is 1.31. The molecule has 5 heteroatoms. The summed E-state index contributed by atoms with van der Waals surface area (Å²) in [6.45, 7) is 11.5. The van der Waals surface area contributed by atoms with Gasteiger partial charge in [-0.25, -0.2) is 8.42 Å². The molecule has 1 rings (SSSR count). The van der Waals surface area contributed by atoms with Crippen LogP contribution in [-0.2, 0) is 9.84 Å². The van der Waals surface area contributed by atoms with E-state index in [0.29, 0.717) is 6.04 Å². The number of rotatable bonds is 3. The summed E-state index contributed by atoms with van der Waals surface area (Å²) in [5.41, 5.74) is 0.212. The van der Waals surface area contributed by atoms with Gasteiger partial charge in [0, 0.05) is 38.0 Å². The number of piperazine rings is 1. The van der Waals surface area contributed by atoms with E-state index in [4.69, 9.17) is 0 Å². The minimum Gasteiger partial charge on any atom is -0.311 e. The molecule has 0 aromatic carbocycles. The van der Waals surface area contributed by atoms with Crippen molar-refractivity contribution < 1.29 is 8.42 Å². The van der Waals surface area contributed by atoms with Crippen molar-refractivity contribution in [3.05, 3.63) is 0 Å². The van der Waals surface area contributed by atoms with E-state index < -0.39 is 9.84 Å². The summed E-state index contributed by atoms with van der Waals surface area (Å²) in [5.74, 6) is 0.254. The number of hydrogen-bond donors (Lipinski definition) is 1. The average Bonchev–Trinajstić information content (AvgIpc) is 2.14. The second-order valence-electron chi connectivity index (χ2n) is 6.31. The monoisotopic (exact) mass is 262 g/mol. The summed E-state index contributed by atoms with van der Waals surface area (Å²) >= 11 is 0. The van der Waals surface area contributed by atoms with Crippen molar-refractivity contribution in [2.75, 3.05) is 31.6 Å². The van der Waals surface area contributed by atoms with Gasteiger partial charge in [0.1, 0.15) is 9.84 Å². The Bertz CT molecular complexity index is 346. The largest absolute Gasteiger partial charge is 0.311 e. The van der Waals surface area contributed by atoms with Crippen LogP contribution in [-0.4, -0.2) is 57.0 Å². The van der Waals surface area contributed by atoms with Crippen LogP contribution >= 0.6 is 0 Å². The fourth-order valence-corrected chi connectivity index (χ4v) is 3.38. The smallest absolute Gasteiger partial charge is 0.148 e. The quantitative estimate of drug-likeness (QED) is 0.815. The minimum absolute atomic E-state index is 0.108. The van der Waals surface area contributed by atoms with Gasteiger partial charge in [0.15, 0.2) is 0 Å². The van der Waals surface area contributed by atoms with Crippen molar-refractivity contribution in [1.29, 1.82) is 0 Å². The summed E-state index contributed by atoms with van der Waals surface area (Å²) in [7, 11) is -2.89. The lowest BCUT2D eigenvalue weighted by Crippen LogP contribution is -2.58. The van der Waals surface area contributed by atoms with Gasteiger partial charge in [0.2, 0.25) is 0 Å². The van der Waals surface area contributed by atoms with E-state index in [1.165, 1.54) is 6.26 Å². The van der Waals surface area contributed by atoms with E-state index >= 15 is 0 Å². The summed E-state index contributed by atoms with van der Waals surface area (Å²) in [6, 6.07) is 0.537. The van der Waals surface area contributed by atoms with Gasteiger partial charge in [0.25, 0.3) is 0 Å². The molecule has 2 atom stereocenters. The van der Waals surface area contributed by atoms with Crippen LogP contribution in [0, 0.1) is 5.41 Å². The molecule has 0 radical (unpaired) electrons. The molecule has 2 unspecified atom stereocenters. The average molecular weight is 262 g/mol. The molecular weight excluding hydrogens is 236 g/mol. The molecule has 1 saturated heterocycles. The first-order valence-electron chi connectivity index (χ1n) is 6.25. The maximum atomic E-state index is 11.3. The predicted molar refractivity (Wildman–Crippen MR) is 72.0 cm³/mol. The molecule has 4 nitrogen and oxygen atoms in total. The van der Waals surface area contributed by atoms with Gasteiger partial charge in [-0.2, -0.15) is 0 Å². The molecule has 1 N–H and O–H groups in total. The third-order valence-corrected chi connectivity index (χ3v) is 4.51. The van der Waals surface area contributed by atoms with Crippen LogP contribution in [0.2, 0.25) is 0 Å². The highest BCUT2D eigenvalue weighted by Gasteiger charge is 2.31. The molecule has 0 aliphatic carbocycles. The predicted octanol–water partition coefficient (Wildman–Crippen LogP) is 0.739.